The first-order valence-electron chi connectivity index (χ1n) is 7.01. The number of hydrogen-bond donors (Lipinski definition) is 2. The van der Waals surface area contributed by atoms with Gasteiger partial charge in [0.05, 0.1) is 0 Å². The van der Waals surface area contributed by atoms with Crippen molar-refractivity contribution in [3.8, 4) is 0 Å². The normalized spacial score (nSPS) is 25.9. The molecule has 0 aliphatic heterocycles. The lowest BCUT2D eigenvalue weighted by Crippen LogP contribution is -2.29. The van der Waals surface area contributed by atoms with E-state index in [0.717, 1.165) is 5.92 Å². The smallest absolute Gasteiger partial charge is 0.128 e. The first kappa shape index (κ1) is 13.3. The number of anilines is 1. The molecule has 3 heteroatoms. The Morgan fingerprint density at radius 1 is 1.44 bits per heavy atom. The van der Waals surface area contributed by atoms with Gasteiger partial charge in [-0.15, -0.1) is 0 Å². The summed E-state index contributed by atoms with van der Waals surface area (Å²) < 4.78 is 0. The fourth-order valence-corrected chi connectivity index (χ4v) is 3.28. The quantitative estimate of drug-likeness (QED) is 0.863. The van der Waals surface area contributed by atoms with Crippen LogP contribution in [-0.4, -0.2) is 12.0 Å². The van der Waals surface area contributed by atoms with Gasteiger partial charge in [0, 0.05) is 17.8 Å². The topological polar surface area (TPSA) is 50.9 Å². The highest BCUT2D eigenvalue weighted by molar-refractivity contribution is 5.43. The van der Waals surface area contributed by atoms with Crippen LogP contribution in [0.5, 0.6) is 0 Å². The standard InChI is InChI=1S/C15H25N3/c1-10-5-4-6-12(7-10)14(17-3)13-8-11(2)9-18-15(13)16/h8-10,12,14,17H,4-7H2,1-3H3,(H2,16,18). The van der Waals surface area contributed by atoms with Crippen molar-refractivity contribution in [1.29, 1.82) is 0 Å². The van der Waals surface area contributed by atoms with Crippen molar-refractivity contribution in [2.24, 2.45) is 11.8 Å². The summed E-state index contributed by atoms with van der Waals surface area (Å²) in [6.45, 7) is 4.43. The van der Waals surface area contributed by atoms with Crippen LogP contribution in [0.1, 0.15) is 49.8 Å². The van der Waals surface area contributed by atoms with Gasteiger partial charge in [-0.2, -0.15) is 0 Å². The monoisotopic (exact) mass is 247 g/mol. The molecule has 3 N–H and O–H groups in total. The van der Waals surface area contributed by atoms with Crippen LogP contribution in [0.2, 0.25) is 0 Å². The fraction of sp³-hybridized carbons (Fsp3) is 0.667. The molecular formula is C15H25N3. The molecule has 1 heterocycles. The minimum absolute atomic E-state index is 0.347. The van der Waals surface area contributed by atoms with E-state index in [1.54, 1.807) is 0 Å². The number of nitrogens with zero attached hydrogens (tertiary/aromatic N) is 1. The zero-order valence-electron chi connectivity index (χ0n) is 11.7. The van der Waals surface area contributed by atoms with E-state index in [1.165, 1.54) is 36.8 Å². The lowest BCUT2D eigenvalue weighted by atomic mass is 9.76. The van der Waals surface area contributed by atoms with Crippen molar-refractivity contribution < 1.29 is 0 Å². The molecule has 100 valence electrons. The van der Waals surface area contributed by atoms with Crippen LogP contribution in [-0.2, 0) is 0 Å². The van der Waals surface area contributed by atoms with E-state index in [0.29, 0.717) is 17.8 Å². The van der Waals surface area contributed by atoms with Gasteiger partial charge in [-0.3, -0.25) is 0 Å². The highest BCUT2D eigenvalue weighted by Crippen LogP contribution is 2.38. The lowest BCUT2D eigenvalue weighted by molar-refractivity contribution is 0.230. The molecule has 1 fully saturated rings. The van der Waals surface area contributed by atoms with E-state index in [-0.39, 0.29) is 0 Å². The van der Waals surface area contributed by atoms with Gasteiger partial charge in [-0.1, -0.05) is 19.8 Å². The first-order chi connectivity index (χ1) is 8.61. The van der Waals surface area contributed by atoms with Crippen LogP contribution in [0.4, 0.5) is 5.82 Å². The fourth-order valence-electron chi connectivity index (χ4n) is 3.28. The van der Waals surface area contributed by atoms with Crippen LogP contribution in [0.25, 0.3) is 0 Å². The summed E-state index contributed by atoms with van der Waals surface area (Å²) in [4.78, 5) is 4.30. The number of rotatable bonds is 3. The van der Waals surface area contributed by atoms with Crippen molar-refractivity contribution in [2.45, 2.75) is 45.6 Å². The van der Waals surface area contributed by atoms with Crippen molar-refractivity contribution in [2.75, 3.05) is 12.8 Å². The van der Waals surface area contributed by atoms with Crippen LogP contribution >= 0.6 is 0 Å². The Morgan fingerprint density at radius 2 is 2.22 bits per heavy atom. The number of aromatic nitrogens is 1. The maximum atomic E-state index is 6.06. The third-order valence-electron chi connectivity index (χ3n) is 4.18. The molecule has 0 bridgehead atoms. The molecule has 0 aromatic carbocycles. The Kier molecular flexibility index (Phi) is 4.23. The molecule has 18 heavy (non-hydrogen) atoms. The molecule has 3 nitrogen and oxygen atoms in total. The van der Waals surface area contributed by atoms with E-state index in [2.05, 4.69) is 30.2 Å². The molecule has 1 aromatic heterocycles. The molecule has 0 radical (unpaired) electrons. The van der Waals surface area contributed by atoms with Gasteiger partial charge in [0.2, 0.25) is 0 Å². The maximum absolute atomic E-state index is 6.06. The van der Waals surface area contributed by atoms with Crippen LogP contribution < -0.4 is 11.1 Å². The van der Waals surface area contributed by atoms with Crippen molar-refractivity contribution in [1.82, 2.24) is 10.3 Å². The van der Waals surface area contributed by atoms with Gasteiger partial charge in [0.25, 0.3) is 0 Å². The number of hydrogen-bond acceptors (Lipinski definition) is 3. The predicted octanol–water partition coefficient (Wildman–Crippen LogP) is 3.06. The molecule has 1 aliphatic rings. The van der Waals surface area contributed by atoms with E-state index in [4.69, 9.17) is 5.73 Å². The summed E-state index contributed by atoms with van der Waals surface area (Å²) in [6, 6.07) is 2.53. The van der Waals surface area contributed by atoms with Crippen LogP contribution in [0.3, 0.4) is 0 Å². The second-order valence-electron chi connectivity index (χ2n) is 5.79. The molecule has 0 spiro atoms. The Hall–Kier alpha value is -1.09. The molecule has 1 aromatic rings. The highest BCUT2D eigenvalue weighted by atomic mass is 14.9. The summed E-state index contributed by atoms with van der Waals surface area (Å²) >= 11 is 0. The summed E-state index contributed by atoms with van der Waals surface area (Å²) in [5.74, 6) is 2.20. The number of pyridine rings is 1. The predicted molar refractivity (Wildman–Crippen MR) is 76.3 cm³/mol. The van der Waals surface area contributed by atoms with Gasteiger partial charge in [-0.05, 0) is 50.3 Å². The Bertz CT molecular complexity index is 403. The number of nitrogens with two attached hydrogens (primary N) is 1. The average molecular weight is 247 g/mol. The number of nitrogens with one attached hydrogen (secondary N) is 1. The van der Waals surface area contributed by atoms with Gasteiger partial charge in [0.15, 0.2) is 0 Å². The Balaban J connectivity index is 2.24. The largest absolute Gasteiger partial charge is 0.383 e. The summed E-state index contributed by atoms with van der Waals surface area (Å²) in [5.41, 5.74) is 8.42. The minimum atomic E-state index is 0.347. The second kappa shape index (κ2) is 5.70. The summed E-state index contributed by atoms with van der Waals surface area (Å²) in [7, 11) is 2.03. The zero-order chi connectivity index (χ0) is 13.1. The van der Waals surface area contributed by atoms with Gasteiger partial charge >= 0.3 is 0 Å². The molecule has 2 rings (SSSR count). The average Bonchev–Trinajstić information content (AvgIpc) is 2.35. The first-order valence-corrected chi connectivity index (χ1v) is 7.01. The minimum Gasteiger partial charge on any atom is -0.383 e. The van der Waals surface area contributed by atoms with Gasteiger partial charge < -0.3 is 11.1 Å². The van der Waals surface area contributed by atoms with Crippen molar-refractivity contribution in [3.63, 3.8) is 0 Å². The molecular weight excluding hydrogens is 222 g/mol. The number of aryl methyl sites for hydroxylation is 1. The van der Waals surface area contributed by atoms with Crippen molar-refractivity contribution in [3.05, 3.63) is 23.4 Å². The van der Waals surface area contributed by atoms with Gasteiger partial charge in [0.1, 0.15) is 5.82 Å². The molecule has 0 amide bonds. The Labute approximate surface area is 110 Å². The number of nitrogen functional groups attached to an aromatic ring is 1. The zero-order valence-corrected chi connectivity index (χ0v) is 11.7. The second-order valence-corrected chi connectivity index (χ2v) is 5.79. The third kappa shape index (κ3) is 2.83. The van der Waals surface area contributed by atoms with Gasteiger partial charge in [-0.25, -0.2) is 4.98 Å². The van der Waals surface area contributed by atoms with E-state index < -0.39 is 0 Å². The Morgan fingerprint density at radius 3 is 2.89 bits per heavy atom. The maximum Gasteiger partial charge on any atom is 0.128 e. The van der Waals surface area contributed by atoms with E-state index in [9.17, 15) is 0 Å². The van der Waals surface area contributed by atoms with E-state index in [1.807, 2.05) is 13.2 Å². The molecule has 1 saturated carbocycles. The molecule has 3 unspecified atom stereocenters. The third-order valence-corrected chi connectivity index (χ3v) is 4.18. The lowest BCUT2D eigenvalue weighted by Gasteiger charge is -2.33. The molecule has 1 aliphatic carbocycles. The van der Waals surface area contributed by atoms with Crippen LogP contribution in [0.15, 0.2) is 12.3 Å². The summed E-state index contributed by atoms with van der Waals surface area (Å²) in [6.07, 6.45) is 7.13. The SMILES string of the molecule is CNC(c1cc(C)cnc1N)C1CCCC(C)C1. The summed E-state index contributed by atoms with van der Waals surface area (Å²) in [5, 5.41) is 3.46. The molecule has 3 atom stereocenters. The van der Waals surface area contributed by atoms with E-state index >= 15 is 0 Å². The van der Waals surface area contributed by atoms with Crippen molar-refractivity contribution >= 4 is 5.82 Å². The molecule has 0 saturated heterocycles. The highest BCUT2D eigenvalue weighted by Gasteiger charge is 2.28. The van der Waals surface area contributed by atoms with Crippen LogP contribution in [0, 0.1) is 18.8 Å².